The van der Waals surface area contributed by atoms with Gasteiger partial charge in [0.1, 0.15) is 15.6 Å². The molecule has 1 amide bonds. The number of hydrogen-bond acceptors (Lipinski definition) is 6. The summed E-state index contributed by atoms with van der Waals surface area (Å²) < 4.78 is 46.8. The number of methoxy groups -OCH3 is 1. The molecule has 1 unspecified atom stereocenters. The van der Waals surface area contributed by atoms with E-state index in [1.54, 1.807) is 61.8 Å². The van der Waals surface area contributed by atoms with Crippen LogP contribution < -0.4 is 15.4 Å². The number of hydrogen-bond donors (Lipinski definition) is 2. The van der Waals surface area contributed by atoms with Crippen LogP contribution in [0.3, 0.4) is 0 Å². The molecule has 0 spiro atoms. The molecule has 4 aromatic rings. The second kappa shape index (κ2) is 12.2. The van der Waals surface area contributed by atoms with Gasteiger partial charge < -0.3 is 15.4 Å². The Hall–Kier alpha value is -3.76. The molecule has 0 radical (unpaired) electrons. The molecule has 0 saturated heterocycles. The van der Waals surface area contributed by atoms with Gasteiger partial charge in [-0.3, -0.25) is 9.78 Å². The number of carbonyl (C=O) groups excluding carboxylic acids is 1. The van der Waals surface area contributed by atoms with Crippen LogP contribution in [0.2, 0.25) is 0 Å². The summed E-state index contributed by atoms with van der Waals surface area (Å²) >= 11 is 0.733. The van der Waals surface area contributed by atoms with E-state index < -0.39 is 28.7 Å². The first-order chi connectivity index (χ1) is 18.2. The zero-order valence-corrected chi connectivity index (χ0v) is 21.7. The van der Waals surface area contributed by atoms with Crippen molar-refractivity contribution in [3.05, 3.63) is 100 Å². The highest BCUT2D eigenvalue weighted by atomic mass is 32.1. The highest BCUT2D eigenvalue weighted by molar-refractivity contribution is 7.17. The zero-order chi connectivity index (χ0) is 27.1. The van der Waals surface area contributed by atoms with Crippen LogP contribution in [0, 0.1) is 0 Å². The molecule has 0 aliphatic carbocycles. The number of ether oxygens (including phenoxy) is 1. The van der Waals surface area contributed by atoms with Gasteiger partial charge in [-0.2, -0.15) is 13.2 Å². The van der Waals surface area contributed by atoms with Gasteiger partial charge in [0.15, 0.2) is 5.69 Å². The summed E-state index contributed by atoms with van der Waals surface area (Å²) in [5.41, 5.74) is 2.11. The van der Waals surface area contributed by atoms with Crippen LogP contribution in [-0.2, 0) is 19.1 Å². The third-order valence-corrected chi connectivity index (χ3v) is 6.99. The average molecular weight is 541 g/mol. The molecule has 0 aliphatic heterocycles. The monoisotopic (exact) mass is 540 g/mol. The molecule has 1 atom stereocenters. The molecule has 6 nitrogen and oxygen atoms in total. The topological polar surface area (TPSA) is 76.1 Å². The Morgan fingerprint density at radius 2 is 1.82 bits per heavy atom. The molecule has 2 heterocycles. The molecule has 10 heteroatoms. The molecular formula is C28H27F3N4O2S. The van der Waals surface area contributed by atoms with Crippen LogP contribution in [0.15, 0.2) is 73.1 Å². The Morgan fingerprint density at radius 1 is 1.05 bits per heavy atom. The van der Waals surface area contributed by atoms with Crippen LogP contribution in [0.4, 0.5) is 13.2 Å². The van der Waals surface area contributed by atoms with E-state index in [1.807, 2.05) is 18.2 Å². The lowest BCUT2D eigenvalue weighted by atomic mass is 10.1. The number of rotatable bonds is 10. The second-order valence-corrected chi connectivity index (χ2v) is 9.65. The number of carbonyl (C=O) groups is 1. The maximum absolute atomic E-state index is 13.9. The number of pyridine rings is 1. The highest BCUT2D eigenvalue weighted by Crippen LogP contribution is 2.38. The third kappa shape index (κ3) is 6.96. The van der Waals surface area contributed by atoms with E-state index in [2.05, 4.69) is 20.6 Å². The molecule has 4 rings (SSSR count). The van der Waals surface area contributed by atoms with E-state index in [1.165, 1.54) is 7.11 Å². The molecule has 2 aromatic heterocycles. The van der Waals surface area contributed by atoms with Crippen molar-refractivity contribution in [2.75, 3.05) is 13.7 Å². The standard InChI is InChI=1S/C28H27F3N4O2S/c1-18(21-6-4-8-23(16-21)37-2)34-26(36)24-25(28(29,30)31)35-27(38-24)22-7-3-5-20(15-22)17-33-14-11-19-9-12-32-13-10-19/h3-10,12-13,15-16,18,33H,11,14,17H2,1-2H3,(H,34,36). The van der Waals surface area contributed by atoms with Crippen LogP contribution in [0.25, 0.3) is 10.6 Å². The maximum atomic E-state index is 13.9. The van der Waals surface area contributed by atoms with Gasteiger partial charge in [0.2, 0.25) is 0 Å². The lowest BCUT2D eigenvalue weighted by molar-refractivity contribution is -0.141. The Balaban J connectivity index is 1.49. The summed E-state index contributed by atoms with van der Waals surface area (Å²) in [6.07, 6.45) is -0.449. The van der Waals surface area contributed by atoms with Crippen molar-refractivity contribution in [2.24, 2.45) is 0 Å². The van der Waals surface area contributed by atoms with Gasteiger partial charge >= 0.3 is 6.18 Å². The van der Waals surface area contributed by atoms with Crippen LogP contribution >= 0.6 is 11.3 Å². The summed E-state index contributed by atoms with van der Waals surface area (Å²) in [6.45, 7) is 2.98. The molecular weight excluding hydrogens is 513 g/mol. The summed E-state index contributed by atoms with van der Waals surface area (Å²) in [5, 5.41) is 6.14. The molecule has 2 aromatic carbocycles. The zero-order valence-electron chi connectivity index (χ0n) is 20.9. The predicted molar refractivity (Wildman–Crippen MR) is 141 cm³/mol. The number of nitrogens with zero attached hydrogens (tertiary/aromatic N) is 2. The molecule has 198 valence electrons. The Kier molecular flexibility index (Phi) is 8.75. The Labute approximate surface area is 222 Å². The normalized spacial score (nSPS) is 12.2. The van der Waals surface area contributed by atoms with Crippen molar-refractivity contribution in [3.63, 3.8) is 0 Å². The fourth-order valence-electron chi connectivity index (χ4n) is 3.88. The average Bonchev–Trinajstić information content (AvgIpc) is 3.39. The number of aromatic nitrogens is 2. The summed E-state index contributed by atoms with van der Waals surface area (Å²) in [6, 6.07) is 17.5. The van der Waals surface area contributed by atoms with Crippen LogP contribution in [-0.4, -0.2) is 29.5 Å². The second-order valence-electron chi connectivity index (χ2n) is 8.65. The first kappa shape index (κ1) is 27.3. The summed E-state index contributed by atoms with van der Waals surface area (Å²) in [7, 11) is 1.52. The fraction of sp³-hybridized carbons (Fsp3) is 0.250. The number of halogens is 3. The largest absolute Gasteiger partial charge is 0.497 e. The Morgan fingerprint density at radius 3 is 2.55 bits per heavy atom. The van der Waals surface area contributed by atoms with Gasteiger partial charge in [-0.25, -0.2) is 4.98 Å². The van der Waals surface area contributed by atoms with E-state index in [0.29, 0.717) is 23.4 Å². The quantitative estimate of drug-likeness (QED) is 0.239. The molecule has 0 aliphatic rings. The Bertz CT molecular complexity index is 1380. The lowest BCUT2D eigenvalue weighted by Gasteiger charge is -2.15. The van der Waals surface area contributed by atoms with Crippen molar-refractivity contribution in [1.82, 2.24) is 20.6 Å². The van der Waals surface area contributed by atoms with E-state index in [4.69, 9.17) is 4.74 Å². The number of thiazole rings is 1. The SMILES string of the molecule is COc1cccc(C(C)NC(=O)c2sc(-c3cccc(CNCCc4ccncc4)c3)nc2C(F)(F)F)c1. The van der Waals surface area contributed by atoms with Gasteiger partial charge in [0.25, 0.3) is 5.91 Å². The minimum atomic E-state index is -4.77. The molecule has 0 fully saturated rings. The van der Waals surface area contributed by atoms with E-state index >= 15 is 0 Å². The summed E-state index contributed by atoms with van der Waals surface area (Å²) in [5.74, 6) is -0.239. The molecule has 0 saturated carbocycles. The van der Waals surface area contributed by atoms with Crippen molar-refractivity contribution < 1.29 is 22.7 Å². The van der Waals surface area contributed by atoms with Crippen LogP contribution in [0.1, 0.15) is 45.0 Å². The van der Waals surface area contributed by atoms with Crippen molar-refractivity contribution in [1.29, 1.82) is 0 Å². The first-order valence-electron chi connectivity index (χ1n) is 12.0. The third-order valence-electron chi connectivity index (χ3n) is 5.89. The molecule has 38 heavy (non-hydrogen) atoms. The van der Waals surface area contributed by atoms with Crippen molar-refractivity contribution in [2.45, 2.75) is 32.1 Å². The van der Waals surface area contributed by atoms with Crippen molar-refractivity contribution >= 4 is 17.2 Å². The van der Waals surface area contributed by atoms with Crippen LogP contribution in [0.5, 0.6) is 5.75 Å². The molecule has 2 N–H and O–H groups in total. The first-order valence-corrected chi connectivity index (χ1v) is 12.8. The smallest absolute Gasteiger partial charge is 0.435 e. The lowest BCUT2D eigenvalue weighted by Crippen LogP contribution is -2.28. The fourth-order valence-corrected chi connectivity index (χ4v) is 4.86. The van der Waals surface area contributed by atoms with Gasteiger partial charge in [0, 0.05) is 24.5 Å². The van der Waals surface area contributed by atoms with Gasteiger partial charge in [-0.1, -0.05) is 30.3 Å². The highest BCUT2D eigenvalue weighted by Gasteiger charge is 2.40. The minimum Gasteiger partial charge on any atom is -0.497 e. The molecule has 0 bridgehead atoms. The van der Waals surface area contributed by atoms with E-state index in [9.17, 15) is 18.0 Å². The minimum absolute atomic E-state index is 0.134. The summed E-state index contributed by atoms with van der Waals surface area (Å²) in [4.78, 5) is 20.3. The maximum Gasteiger partial charge on any atom is 0.435 e. The van der Waals surface area contributed by atoms with Gasteiger partial charge in [-0.05, 0) is 66.9 Å². The van der Waals surface area contributed by atoms with Gasteiger partial charge in [-0.15, -0.1) is 11.3 Å². The van der Waals surface area contributed by atoms with Gasteiger partial charge in [0.05, 0.1) is 13.2 Å². The van der Waals surface area contributed by atoms with E-state index in [-0.39, 0.29) is 5.01 Å². The number of benzene rings is 2. The van der Waals surface area contributed by atoms with E-state index in [0.717, 1.165) is 35.4 Å². The predicted octanol–water partition coefficient (Wildman–Crippen LogP) is 6.06. The number of nitrogens with one attached hydrogen (secondary N) is 2. The number of alkyl halides is 3. The number of amides is 1. The van der Waals surface area contributed by atoms with Crippen molar-refractivity contribution in [3.8, 4) is 16.3 Å².